The van der Waals surface area contributed by atoms with E-state index in [0.717, 1.165) is 18.6 Å². The standard InChI is InChI=1S/C17H18ClN3O4/c18-15-9-12(21(23)24)3-5-14(15)16-6-4-13(25-16)10-19-7-8-20-17(22)11-1-2-11/h3-6,9,11,19H,1-2,7-8,10H2,(H,20,22). The fourth-order valence-corrected chi connectivity index (χ4v) is 2.68. The number of amides is 1. The van der Waals surface area contributed by atoms with Gasteiger partial charge < -0.3 is 15.1 Å². The molecule has 1 aliphatic carbocycles. The third-order valence-electron chi connectivity index (χ3n) is 3.94. The first-order valence-corrected chi connectivity index (χ1v) is 8.44. The number of nitrogens with one attached hydrogen (secondary N) is 2. The fraction of sp³-hybridized carbons (Fsp3) is 0.353. The Bertz CT molecular complexity index is 786. The van der Waals surface area contributed by atoms with Gasteiger partial charge in [0.1, 0.15) is 11.5 Å². The third-order valence-corrected chi connectivity index (χ3v) is 4.25. The van der Waals surface area contributed by atoms with E-state index in [4.69, 9.17) is 16.0 Å². The molecule has 0 bridgehead atoms. The number of rotatable bonds is 8. The minimum atomic E-state index is -0.491. The van der Waals surface area contributed by atoms with Crippen molar-refractivity contribution in [1.82, 2.24) is 10.6 Å². The zero-order valence-electron chi connectivity index (χ0n) is 13.5. The second-order valence-corrected chi connectivity index (χ2v) is 6.34. The van der Waals surface area contributed by atoms with Crippen molar-refractivity contribution < 1.29 is 14.1 Å². The quantitative estimate of drug-likeness (QED) is 0.426. The lowest BCUT2D eigenvalue weighted by Crippen LogP contribution is -2.32. The number of nitrogens with zero attached hydrogens (tertiary/aromatic N) is 1. The summed E-state index contributed by atoms with van der Waals surface area (Å²) < 4.78 is 5.72. The van der Waals surface area contributed by atoms with Crippen LogP contribution in [-0.2, 0) is 11.3 Å². The van der Waals surface area contributed by atoms with Crippen LogP contribution >= 0.6 is 11.6 Å². The number of halogens is 1. The number of nitro groups is 1. The van der Waals surface area contributed by atoms with Gasteiger partial charge in [0.2, 0.25) is 5.91 Å². The summed E-state index contributed by atoms with van der Waals surface area (Å²) in [5.74, 6) is 1.63. The van der Waals surface area contributed by atoms with Crippen LogP contribution in [0.15, 0.2) is 34.7 Å². The lowest BCUT2D eigenvalue weighted by atomic mass is 10.1. The van der Waals surface area contributed by atoms with Gasteiger partial charge in [0.25, 0.3) is 5.69 Å². The maximum absolute atomic E-state index is 11.5. The highest BCUT2D eigenvalue weighted by atomic mass is 35.5. The van der Waals surface area contributed by atoms with Gasteiger partial charge in [0, 0.05) is 36.7 Å². The maximum atomic E-state index is 11.5. The molecule has 0 unspecified atom stereocenters. The Morgan fingerprint density at radius 2 is 2.08 bits per heavy atom. The van der Waals surface area contributed by atoms with Gasteiger partial charge in [0.05, 0.1) is 16.5 Å². The van der Waals surface area contributed by atoms with Crippen LogP contribution in [0, 0.1) is 16.0 Å². The molecule has 1 aromatic carbocycles. The zero-order valence-corrected chi connectivity index (χ0v) is 14.2. The van der Waals surface area contributed by atoms with E-state index in [-0.39, 0.29) is 22.5 Å². The molecule has 132 valence electrons. The molecule has 1 amide bonds. The highest BCUT2D eigenvalue weighted by Crippen LogP contribution is 2.32. The average molecular weight is 364 g/mol. The van der Waals surface area contributed by atoms with Crippen LogP contribution in [-0.4, -0.2) is 23.9 Å². The smallest absolute Gasteiger partial charge is 0.270 e. The van der Waals surface area contributed by atoms with Gasteiger partial charge >= 0.3 is 0 Å². The normalized spacial score (nSPS) is 13.6. The second kappa shape index (κ2) is 7.67. The topological polar surface area (TPSA) is 97.4 Å². The first kappa shape index (κ1) is 17.4. The summed E-state index contributed by atoms with van der Waals surface area (Å²) in [5.41, 5.74) is 0.547. The molecule has 8 heteroatoms. The summed E-state index contributed by atoms with van der Waals surface area (Å²) in [7, 11) is 0. The van der Waals surface area contributed by atoms with Gasteiger partial charge in [-0.15, -0.1) is 0 Å². The van der Waals surface area contributed by atoms with E-state index in [1.807, 2.05) is 6.07 Å². The van der Waals surface area contributed by atoms with Crippen LogP contribution < -0.4 is 10.6 Å². The van der Waals surface area contributed by atoms with Crippen molar-refractivity contribution in [1.29, 1.82) is 0 Å². The molecule has 1 heterocycles. The van der Waals surface area contributed by atoms with Crippen LogP contribution in [0.25, 0.3) is 11.3 Å². The lowest BCUT2D eigenvalue weighted by molar-refractivity contribution is -0.384. The van der Waals surface area contributed by atoms with E-state index in [2.05, 4.69) is 10.6 Å². The molecule has 0 aliphatic heterocycles. The molecule has 1 aliphatic rings. The summed E-state index contributed by atoms with van der Waals surface area (Å²) in [6, 6.07) is 7.87. The molecule has 0 spiro atoms. The molecule has 25 heavy (non-hydrogen) atoms. The molecule has 7 nitrogen and oxygen atoms in total. The van der Waals surface area contributed by atoms with Gasteiger partial charge in [-0.25, -0.2) is 0 Å². The molecular weight excluding hydrogens is 346 g/mol. The fourth-order valence-electron chi connectivity index (χ4n) is 2.41. The third kappa shape index (κ3) is 4.58. The molecule has 2 N–H and O–H groups in total. The number of benzene rings is 1. The summed E-state index contributed by atoms with van der Waals surface area (Å²) in [6.07, 6.45) is 2.00. The van der Waals surface area contributed by atoms with Gasteiger partial charge in [-0.1, -0.05) is 11.6 Å². The molecule has 1 saturated carbocycles. The summed E-state index contributed by atoms with van der Waals surface area (Å²) in [4.78, 5) is 21.7. The van der Waals surface area contributed by atoms with Crippen molar-refractivity contribution in [3.05, 3.63) is 51.2 Å². The minimum Gasteiger partial charge on any atom is -0.460 e. The van der Waals surface area contributed by atoms with Crippen LogP contribution in [0.5, 0.6) is 0 Å². The van der Waals surface area contributed by atoms with E-state index in [9.17, 15) is 14.9 Å². The van der Waals surface area contributed by atoms with Crippen molar-refractivity contribution in [2.24, 2.45) is 5.92 Å². The minimum absolute atomic E-state index is 0.0598. The van der Waals surface area contributed by atoms with Gasteiger partial charge in [-0.2, -0.15) is 0 Å². The molecule has 1 aromatic heterocycles. The molecular formula is C17H18ClN3O4. The lowest BCUT2D eigenvalue weighted by Gasteiger charge is -2.05. The van der Waals surface area contributed by atoms with Crippen LogP contribution in [0.1, 0.15) is 18.6 Å². The predicted molar refractivity (Wildman–Crippen MR) is 93.2 cm³/mol. The van der Waals surface area contributed by atoms with Crippen molar-refractivity contribution in [3.63, 3.8) is 0 Å². The Balaban J connectivity index is 1.50. The maximum Gasteiger partial charge on any atom is 0.270 e. The van der Waals surface area contributed by atoms with Crippen LogP contribution in [0.3, 0.4) is 0 Å². The first-order chi connectivity index (χ1) is 12.0. The van der Waals surface area contributed by atoms with E-state index in [1.165, 1.54) is 12.1 Å². The van der Waals surface area contributed by atoms with E-state index >= 15 is 0 Å². The summed E-state index contributed by atoms with van der Waals surface area (Å²) in [5, 5.41) is 17.1. The zero-order chi connectivity index (χ0) is 17.8. The number of hydrogen-bond acceptors (Lipinski definition) is 5. The van der Waals surface area contributed by atoms with Crippen molar-refractivity contribution >= 4 is 23.2 Å². The molecule has 0 radical (unpaired) electrons. The SMILES string of the molecule is O=C(NCCNCc1ccc(-c2ccc([N+](=O)[O-])cc2Cl)o1)C1CC1. The Labute approximate surface area is 149 Å². The van der Waals surface area contributed by atoms with Gasteiger partial charge in [0.15, 0.2) is 0 Å². The number of non-ortho nitro benzene ring substituents is 1. The number of furan rings is 1. The van der Waals surface area contributed by atoms with Crippen molar-refractivity contribution in [2.45, 2.75) is 19.4 Å². The number of carbonyl (C=O) groups excluding carboxylic acids is 1. The Morgan fingerprint density at radius 1 is 1.28 bits per heavy atom. The highest BCUT2D eigenvalue weighted by molar-refractivity contribution is 6.33. The molecule has 1 fully saturated rings. The highest BCUT2D eigenvalue weighted by Gasteiger charge is 2.28. The van der Waals surface area contributed by atoms with Gasteiger partial charge in [-0.05, 0) is 31.0 Å². The Hall–Kier alpha value is -2.38. The van der Waals surface area contributed by atoms with Gasteiger partial charge in [-0.3, -0.25) is 14.9 Å². The van der Waals surface area contributed by atoms with Crippen LogP contribution in [0.4, 0.5) is 5.69 Å². The number of hydrogen-bond donors (Lipinski definition) is 2. The average Bonchev–Trinajstić information content (AvgIpc) is 3.34. The van der Waals surface area contributed by atoms with E-state index in [1.54, 1.807) is 12.1 Å². The largest absolute Gasteiger partial charge is 0.460 e. The molecule has 0 saturated heterocycles. The molecule has 3 rings (SSSR count). The Morgan fingerprint density at radius 3 is 2.76 bits per heavy atom. The number of carbonyl (C=O) groups is 1. The predicted octanol–water partition coefficient (Wildman–Crippen LogP) is 3.12. The number of nitro benzene ring substituents is 1. The van der Waals surface area contributed by atoms with E-state index < -0.39 is 4.92 Å². The van der Waals surface area contributed by atoms with Crippen molar-refractivity contribution in [2.75, 3.05) is 13.1 Å². The molecule has 0 atom stereocenters. The Kier molecular flexibility index (Phi) is 5.35. The van der Waals surface area contributed by atoms with Crippen molar-refractivity contribution in [3.8, 4) is 11.3 Å². The van der Waals surface area contributed by atoms with E-state index in [0.29, 0.717) is 31.0 Å². The van der Waals surface area contributed by atoms with Crippen LogP contribution in [0.2, 0.25) is 5.02 Å². The summed E-state index contributed by atoms with van der Waals surface area (Å²) >= 11 is 6.10. The summed E-state index contributed by atoms with van der Waals surface area (Å²) in [6.45, 7) is 1.74. The second-order valence-electron chi connectivity index (χ2n) is 5.93. The first-order valence-electron chi connectivity index (χ1n) is 8.06. The molecule has 2 aromatic rings. The monoisotopic (exact) mass is 363 g/mol.